The maximum Gasteiger partial charge on any atom is 0.176 e. The minimum atomic E-state index is 0.257. The van der Waals surface area contributed by atoms with Crippen molar-refractivity contribution < 1.29 is 4.79 Å². The first-order valence-corrected chi connectivity index (χ1v) is 7.04. The summed E-state index contributed by atoms with van der Waals surface area (Å²) < 4.78 is 0. The van der Waals surface area contributed by atoms with Crippen molar-refractivity contribution in [2.45, 2.75) is 45.6 Å². The summed E-state index contributed by atoms with van der Waals surface area (Å²) in [4.78, 5) is 14.6. The molecule has 0 aromatic heterocycles. The van der Waals surface area contributed by atoms with E-state index < -0.39 is 0 Å². The van der Waals surface area contributed by atoms with E-state index >= 15 is 0 Å². The van der Waals surface area contributed by atoms with Crippen LogP contribution in [0.5, 0.6) is 0 Å². The molecule has 2 rings (SSSR count). The highest BCUT2D eigenvalue weighted by atomic mass is 16.1. The Balaban J connectivity index is 2.00. The predicted molar refractivity (Wildman–Crippen MR) is 75.0 cm³/mol. The Kier molecular flexibility index (Phi) is 4.54. The van der Waals surface area contributed by atoms with Gasteiger partial charge in [-0.3, -0.25) is 9.69 Å². The zero-order chi connectivity index (χ0) is 13.0. The zero-order valence-electron chi connectivity index (χ0n) is 11.5. The molecule has 0 bridgehead atoms. The van der Waals surface area contributed by atoms with Crippen molar-refractivity contribution in [3.63, 3.8) is 0 Å². The quantitative estimate of drug-likeness (QED) is 0.741. The molecule has 0 spiro atoms. The van der Waals surface area contributed by atoms with Crippen LogP contribution in [0.1, 0.15) is 48.5 Å². The van der Waals surface area contributed by atoms with Gasteiger partial charge in [0.1, 0.15) is 0 Å². The molecule has 1 aliphatic carbocycles. The lowest BCUT2D eigenvalue weighted by Gasteiger charge is -2.26. The van der Waals surface area contributed by atoms with Gasteiger partial charge in [-0.05, 0) is 32.4 Å². The second-order valence-corrected chi connectivity index (χ2v) is 5.29. The Morgan fingerprint density at radius 3 is 2.67 bits per heavy atom. The number of nitrogens with zero attached hydrogens (tertiary/aromatic N) is 1. The summed E-state index contributed by atoms with van der Waals surface area (Å²) in [5.41, 5.74) is 2.01. The Labute approximate surface area is 110 Å². The van der Waals surface area contributed by atoms with Gasteiger partial charge in [-0.15, -0.1) is 0 Å². The van der Waals surface area contributed by atoms with Crippen LogP contribution in [0.3, 0.4) is 0 Å². The first-order chi connectivity index (χ1) is 8.70. The molecular weight excluding hydrogens is 222 g/mol. The van der Waals surface area contributed by atoms with E-state index in [0.717, 1.165) is 17.7 Å². The first-order valence-electron chi connectivity index (χ1n) is 7.04. The molecule has 98 valence electrons. The van der Waals surface area contributed by atoms with E-state index in [1.807, 2.05) is 31.2 Å². The van der Waals surface area contributed by atoms with Crippen molar-refractivity contribution in [3.05, 3.63) is 35.4 Å². The third-order valence-corrected chi connectivity index (χ3v) is 3.93. The molecule has 2 nitrogen and oxygen atoms in total. The van der Waals surface area contributed by atoms with Crippen molar-refractivity contribution in [1.29, 1.82) is 0 Å². The number of hydrogen-bond donors (Lipinski definition) is 0. The number of ketones is 1. The van der Waals surface area contributed by atoms with Crippen LogP contribution in [-0.2, 0) is 0 Å². The van der Waals surface area contributed by atoms with Gasteiger partial charge in [-0.1, -0.05) is 43.5 Å². The lowest BCUT2D eigenvalue weighted by molar-refractivity contribution is 0.0899. The number of carbonyl (C=O) groups is 1. The smallest absolute Gasteiger partial charge is 0.176 e. The highest BCUT2D eigenvalue weighted by molar-refractivity contribution is 5.97. The molecule has 2 heteroatoms. The largest absolute Gasteiger partial charge is 0.293 e. The molecule has 0 amide bonds. The zero-order valence-corrected chi connectivity index (χ0v) is 11.5. The van der Waals surface area contributed by atoms with E-state index in [-0.39, 0.29) is 5.78 Å². The van der Waals surface area contributed by atoms with Crippen LogP contribution in [0, 0.1) is 6.92 Å². The van der Waals surface area contributed by atoms with Crippen LogP contribution in [0.4, 0.5) is 0 Å². The maximum absolute atomic E-state index is 12.3. The van der Waals surface area contributed by atoms with Crippen molar-refractivity contribution in [2.75, 3.05) is 13.1 Å². The maximum atomic E-state index is 12.3. The molecule has 0 N–H and O–H groups in total. The van der Waals surface area contributed by atoms with Crippen molar-refractivity contribution >= 4 is 5.78 Å². The second-order valence-electron chi connectivity index (χ2n) is 5.29. The van der Waals surface area contributed by atoms with Gasteiger partial charge in [0, 0.05) is 11.6 Å². The Morgan fingerprint density at radius 2 is 2.06 bits per heavy atom. The van der Waals surface area contributed by atoms with E-state index in [4.69, 9.17) is 0 Å². The summed E-state index contributed by atoms with van der Waals surface area (Å²) in [7, 11) is 0. The summed E-state index contributed by atoms with van der Waals surface area (Å²) in [6, 6.07) is 8.55. The Hall–Kier alpha value is -1.15. The third-order valence-electron chi connectivity index (χ3n) is 3.93. The normalized spacial score (nSPS) is 16.4. The highest BCUT2D eigenvalue weighted by Gasteiger charge is 2.23. The van der Waals surface area contributed by atoms with Crippen LogP contribution in [0.15, 0.2) is 24.3 Å². The fourth-order valence-electron chi connectivity index (χ4n) is 2.86. The SMILES string of the molecule is CCN(CC(=O)c1cccc(C)c1)C1CCCC1. The summed E-state index contributed by atoms with van der Waals surface area (Å²) >= 11 is 0. The molecule has 0 heterocycles. The molecule has 0 aliphatic heterocycles. The Morgan fingerprint density at radius 1 is 1.33 bits per heavy atom. The van der Waals surface area contributed by atoms with Gasteiger partial charge in [0.05, 0.1) is 6.54 Å². The topological polar surface area (TPSA) is 20.3 Å². The van der Waals surface area contributed by atoms with Gasteiger partial charge in [0.15, 0.2) is 5.78 Å². The Bertz CT molecular complexity index is 407. The average molecular weight is 245 g/mol. The van der Waals surface area contributed by atoms with E-state index in [0.29, 0.717) is 12.6 Å². The molecule has 1 aromatic rings. The van der Waals surface area contributed by atoms with Gasteiger partial charge in [-0.25, -0.2) is 0 Å². The molecule has 0 atom stereocenters. The van der Waals surface area contributed by atoms with E-state index in [2.05, 4.69) is 11.8 Å². The third kappa shape index (κ3) is 3.20. The molecule has 0 radical (unpaired) electrons. The van der Waals surface area contributed by atoms with Gasteiger partial charge in [0.2, 0.25) is 0 Å². The molecule has 1 aromatic carbocycles. The number of rotatable bonds is 5. The average Bonchev–Trinajstić information content (AvgIpc) is 2.89. The fraction of sp³-hybridized carbons (Fsp3) is 0.562. The van der Waals surface area contributed by atoms with Gasteiger partial charge < -0.3 is 0 Å². The minimum Gasteiger partial charge on any atom is -0.293 e. The fourth-order valence-corrected chi connectivity index (χ4v) is 2.86. The number of carbonyl (C=O) groups excluding carboxylic acids is 1. The van der Waals surface area contributed by atoms with E-state index in [9.17, 15) is 4.79 Å². The summed E-state index contributed by atoms with van der Waals surface area (Å²) in [5.74, 6) is 0.257. The number of benzene rings is 1. The highest BCUT2D eigenvalue weighted by Crippen LogP contribution is 2.23. The number of aryl methyl sites for hydroxylation is 1. The van der Waals surface area contributed by atoms with Crippen LogP contribution in [0.25, 0.3) is 0 Å². The molecule has 0 unspecified atom stereocenters. The van der Waals surface area contributed by atoms with Crippen LogP contribution < -0.4 is 0 Å². The number of likely N-dealkylation sites (N-methyl/N-ethyl adjacent to an activating group) is 1. The first kappa shape index (κ1) is 13.3. The minimum absolute atomic E-state index is 0.257. The molecule has 1 fully saturated rings. The molecular formula is C16H23NO. The lowest BCUT2D eigenvalue weighted by atomic mass is 10.1. The van der Waals surface area contributed by atoms with E-state index in [1.54, 1.807) is 0 Å². The van der Waals surface area contributed by atoms with E-state index in [1.165, 1.54) is 25.7 Å². The predicted octanol–water partition coefficient (Wildman–Crippen LogP) is 3.44. The standard InChI is InChI=1S/C16H23NO/c1-3-17(15-9-4-5-10-15)12-16(18)14-8-6-7-13(2)11-14/h6-8,11,15H,3-5,9-10,12H2,1-2H3. The van der Waals surface area contributed by atoms with Gasteiger partial charge in [-0.2, -0.15) is 0 Å². The molecule has 18 heavy (non-hydrogen) atoms. The second kappa shape index (κ2) is 6.14. The van der Waals surface area contributed by atoms with Gasteiger partial charge in [0.25, 0.3) is 0 Å². The monoisotopic (exact) mass is 245 g/mol. The summed E-state index contributed by atoms with van der Waals surface area (Å²) in [6.07, 6.45) is 5.16. The molecule has 1 saturated carbocycles. The molecule has 1 aliphatic rings. The van der Waals surface area contributed by atoms with Crippen molar-refractivity contribution in [3.8, 4) is 0 Å². The van der Waals surface area contributed by atoms with Crippen molar-refractivity contribution in [1.82, 2.24) is 4.90 Å². The van der Waals surface area contributed by atoms with Gasteiger partial charge >= 0.3 is 0 Å². The number of hydrogen-bond acceptors (Lipinski definition) is 2. The summed E-state index contributed by atoms with van der Waals surface area (Å²) in [6.45, 7) is 5.74. The number of Topliss-reactive ketones (excluding diaryl/α,β-unsaturated/α-hetero) is 1. The van der Waals surface area contributed by atoms with Crippen LogP contribution in [0.2, 0.25) is 0 Å². The van der Waals surface area contributed by atoms with Crippen LogP contribution >= 0.6 is 0 Å². The van der Waals surface area contributed by atoms with Crippen LogP contribution in [-0.4, -0.2) is 29.8 Å². The summed E-state index contributed by atoms with van der Waals surface area (Å²) in [5, 5.41) is 0. The lowest BCUT2D eigenvalue weighted by Crippen LogP contribution is -2.37. The van der Waals surface area contributed by atoms with Crippen molar-refractivity contribution in [2.24, 2.45) is 0 Å². The molecule has 0 saturated heterocycles.